The lowest BCUT2D eigenvalue weighted by molar-refractivity contribution is -0.133. The third-order valence-electron chi connectivity index (χ3n) is 5.33. The molecular formula is C21H23N3O4S. The molecule has 3 aromatic rings. The maximum atomic E-state index is 12.7. The molecule has 152 valence electrons. The summed E-state index contributed by atoms with van der Waals surface area (Å²) in [5.74, 6) is 0.518. The number of aryl methyl sites for hydroxylation is 2. The molecule has 7 nitrogen and oxygen atoms in total. The molecular weight excluding hydrogens is 390 g/mol. The number of thiazole rings is 1. The van der Waals surface area contributed by atoms with Gasteiger partial charge in [0.05, 0.1) is 5.39 Å². The molecule has 0 spiro atoms. The first-order valence-corrected chi connectivity index (χ1v) is 10.4. The Morgan fingerprint density at radius 3 is 2.62 bits per heavy atom. The molecule has 0 atom stereocenters. The van der Waals surface area contributed by atoms with Crippen LogP contribution in [0.25, 0.3) is 11.0 Å². The summed E-state index contributed by atoms with van der Waals surface area (Å²) in [5, 5.41) is 3.69. The molecule has 1 aliphatic heterocycles. The highest BCUT2D eigenvalue weighted by atomic mass is 32.1. The Labute approximate surface area is 172 Å². The van der Waals surface area contributed by atoms with Crippen molar-refractivity contribution < 1.29 is 13.9 Å². The lowest BCUT2D eigenvalue weighted by Crippen LogP contribution is -2.50. The summed E-state index contributed by atoms with van der Waals surface area (Å²) in [6.45, 7) is 8.27. The van der Waals surface area contributed by atoms with Crippen LogP contribution >= 0.6 is 11.3 Å². The van der Waals surface area contributed by atoms with E-state index in [0.717, 1.165) is 34.7 Å². The minimum Gasteiger partial charge on any atom is -0.483 e. The van der Waals surface area contributed by atoms with E-state index in [1.54, 1.807) is 24.5 Å². The quantitative estimate of drug-likeness (QED) is 0.612. The number of carbonyl (C=O) groups is 1. The van der Waals surface area contributed by atoms with Crippen molar-refractivity contribution in [3.05, 3.63) is 50.8 Å². The van der Waals surface area contributed by atoms with Crippen LogP contribution in [-0.4, -0.2) is 48.6 Å². The summed E-state index contributed by atoms with van der Waals surface area (Å²) in [4.78, 5) is 33.0. The fraction of sp³-hybridized carbons (Fsp3) is 0.381. The van der Waals surface area contributed by atoms with Crippen molar-refractivity contribution in [2.24, 2.45) is 0 Å². The molecule has 29 heavy (non-hydrogen) atoms. The average Bonchev–Trinajstić information content (AvgIpc) is 3.24. The van der Waals surface area contributed by atoms with Gasteiger partial charge in [-0.1, -0.05) is 0 Å². The molecule has 8 heteroatoms. The highest BCUT2D eigenvalue weighted by Gasteiger charge is 2.23. The first kappa shape index (κ1) is 19.4. The number of hydrogen-bond donors (Lipinski definition) is 0. The van der Waals surface area contributed by atoms with Crippen molar-refractivity contribution in [2.75, 3.05) is 37.7 Å². The van der Waals surface area contributed by atoms with Crippen LogP contribution in [0, 0.1) is 20.8 Å². The van der Waals surface area contributed by atoms with Crippen molar-refractivity contribution in [2.45, 2.75) is 20.8 Å². The van der Waals surface area contributed by atoms with Gasteiger partial charge < -0.3 is 19.0 Å². The van der Waals surface area contributed by atoms with Crippen molar-refractivity contribution in [1.82, 2.24) is 9.88 Å². The largest absolute Gasteiger partial charge is 0.483 e. The van der Waals surface area contributed by atoms with Crippen LogP contribution in [0.4, 0.5) is 5.13 Å². The summed E-state index contributed by atoms with van der Waals surface area (Å²) < 4.78 is 11.3. The van der Waals surface area contributed by atoms with E-state index in [2.05, 4.69) is 9.88 Å². The van der Waals surface area contributed by atoms with Gasteiger partial charge in [-0.05, 0) is 44.0 Å². The van der Waals surface area contributed by atoms with Crippen LogP contribution in [0.15, 0.2) is 32.9 Å². The maximum absolute atomic E-state index is 12.7. The molecule has 0 aliphatic carbocycles. The van der Waals surface area contributed by atoms with Gasteiger partial charge in [-0.15, -0.1) is 11.3 Å². The van der Waals surface area contributed by atoms with Crippen molar-refractivity contribution in [3.63, 3.8) is 0 Å². The van der Waals surface area contributed by atoms with E-state index in [4.69, 9.17) is 9.15 Å². The topological polar surface area (TPSA) is 75.9 Å². The van der Waals surface area contributed by atoms with E-state index in [9.17, 15) is 9.59 Å². The van der Waals surface area contributed by atoms with Gasteiger partial charge in [0.2, 0.25) is 0 Å². The number of fused-ring (bicyclic) bond motifs is 1. The van der Waals surface area contributed by atoms with Gasteiger partial charge in [0.25, 0.3) is 5.91 Å². The van der Waals surface area contributed by atoms with Crippen molar-refractivity contribution in [1.29, 1.82) is 0 Å². The molecule has 0 unspecified atom stereocenters. The van der Waals surface area contributed by atoms with Gasteiger partial charge in [0, 0.05) is 43.3 Å². The van der Waals surface area contributed by atoms with Gasteiger partial charge in [-0.3, -0.25) is 4.79 Å². The molecule has 1 aliphatic rings. The Kier molecular flexibility index (Phi) is 5.27. The van der Waals surface area contributed by atoms with Gasteiger partial charge in [-0.2, -0.15) is 0 Å². The summed E-state index contributed by atoms with van der Waals surface area (Å²) in [6, 6.07) is 3.69. The Morgan fingerprint density at radius 2 is 1.93 bits per heavy atom. The number of hydrogen-bond acceptors (Lipinski definition) is 7. The average molecular weight is 413 g/mol. The maximum Gasteiger partial charge on any atom is 0.339 e. The minimum absolute atomic E-state index is 0.0482. The monoisotopic (exact) mass is 413 g/mol. The summed E-state index contributed by atoms with van der Waals surface area (Å²) in [5.41, 5.74) is 2.41. The summed E-state index contributed by atoms with van der Waals surface area (Å²) in [7, 11) is 0. The molecule has 4 rings (SSSR count). The molecule has 1 fully saturated rings. The number of nitrogens with zero attached hydrogens (tertiary/aromatic N) is 3. The first-order valence-electron chi connectivity index (χ1n) is 9.53. The molecule has 1 saturated heterocycles. The van der Waals surface area contributed by atoms with Crippen molar-refractivity contribution >= 4 is 33.3 Å². The zero-order valence-corrected chi connectivity index (χ0v) is 17.5. The molecule has 1 amide bonds. The molecule has 1 aromatic carbocycles. The highest BCUT2D eigenvalue weighted by Crippen LogP contribution is 2.31. The first-order chi connectivity index (χ1) is 13.9. The van der Waals surface area contributed by atoms with Gasteiger partial charge >= 0.3 is 5.63 Å². The third-order valence-corrected chi connectivity index (χ3v) is 6.16. The lowest BCUT2D eigenvalue weighted by atomic mass is 10.0. The number of benzene rings is 1. The standard InChI is InChI=1S/C21H23N3O4S/c1-13-10-16(19-14(2)15(3)20(26)28-17(19)11-13)27-12-18(25)23-5-7-24(8-6-23)21-22-4-9-29-21/h4,9-11H,5-8,12H2,1-3H3. The molecule has 0 bridgehead atoms. The predicted molar refractivity (Wildman–Crippen MR) is 113 cm³/mol. The summed E-state index contributed by atoms with van der Waals surface area (Å²) in [6.07, 6.45) is 1.79. The number of anilines is 1. The highest BCUT2D eigenvalue weighted by molar-refractivity contribution is 7.13. The van der Waals surface area contributed by atoms with E-state index in [1.165, 1.54) is 0 Å². The second-order valence-corrected chi connectivity index (χ2v) is 8.12. The molecule has 0 radical (unpaired) electrons. The number of rotatable bonds is 4. The third kappa shape index (κ3) is 3.85. The van der Waals surface area contributed by atoms with Gasteiger partial charge in [-0.25, -0.2) is 9.78 Å². The zero-order valence-electron chi connectivity index (χ0n) is 16.7. The van der Waals surface area contributed by atoms with E-state index in [0.29, 0.717) is 30.0 Å². The second kappa shape index (κ2) is 7.87. The molecule has 0 saturated carbocycles. The number of ether oxygens (including phenoxy) is 1. The Morgan fingerprint density at radius 1 is 1.17 bits per heavy atom. The molecule has 3 heterocycles. The summed E-state index contributed by atoms with van der Waals surface area (Å²) >= 11 is 1.61. The smallest absolute Gasteiger partial charge is 0.339 e. The predicted octanol–water partition coefficient (Wildman–Crippen LogP) is 2.90. The van der Waals surface area contributed by atoms with Crippen LogP contribution in [-0.2, 0) is 4.79 Å². The Hall–Kier alpha value is -2.87. The van der Waals surface area contributed by atoms with Crippen LogP contribution in [0.2, 0.25) is 0 Å². The van der Waals surface area contributed by atoms with Crippen molar-refractivity contribution in [3.8, 4) is 5.75 Å². The molecule has 0 N–H and O–H groups in total. The lowest BCUT2D eigenvalue weighted by Gasteiger charge is -2.34. The Balaban J connectivity index is 1.46. The second-order valence-electron chi connectivity index (χ2n) is 7.25. The number of carbonyl (C=O) groups excluding carboxylic acids is 1. The van der Waals surface area contributed by atoms with E-state index >= 15 is 0 Å². The fourth-order valence-electron chi connectivity index (χ4n) is 3.55. The SMILES string of the molecule is Cc1cc(OCC(=O)N2CCN(c3nccs3)CC2)c2c(C)c(C)c(=O)oc2c1. The minimum atomic E-state index is -0.347. The van der Waals surface area contributed by atoms with Crippen LogP contribution in [0.3, 0.4) is 0 Å². The fourth-order valence-corrected chi connectivity index (χ4v) is 4.25. The number of aromatic nitrogens is 1. The van der Waals surface area contributed by atoms with Gasteiger partial charge in [0.15, 0.2) is 11.7 Å². The van der Waals surface area contributed by atoms with Crippen LogP contribution in [0.1, 0.15) is 16.7 Å². The van der Waals surface area contributed by atoms with E-state index in [1.807, 2.05) is 36.3 Å². The molecule has 2 aromatic heterocycles. The number of amides is 1. The zero-order chi connectivity index (χ0) is 20.5. The van der Waals surface area contributed by atoms with Crippen LogP contribution < -0.4 is 15.3 Å². The van der Waals surface area contributed by atoms with E-state index < -0.39 is 0 Å². The number of piperazine rings is 1. The van der Waals surface area contributed by atoms with Gasteiger partial charge in [0.1, 0.15) is 11.3 Å². The van der Waals surface area contributed by atoms with Crippen LogP contribution in [0.5, 0.6) is 5.75 Å². The Bertz CT molecular complexity index is 1100. The van der Waals surface area contributed by atoms with E-state index in [-0.39, 0.29) is 18.1 Å². The normalized spacial score (nSPS) is 14.4.